The lowest BCUT2D eigenvalue weighted by atomic mass is 9.61. The molecule has 0 aromatic carbocycles. The average molecular weight is 274 g/mol. The van der Waals surface area contributed by atoms with E-state index in [-0.39, 0.29) is 11.6 Å². The van der Waals surface area contributed by atoms with Crippen molar-refractivity contribution in [1.82, 2.24) is 0 Å². The summed E-state index contributed by atoms with van der Waals surface area (Å²) in [5, 5.41) is 0. The first-order valence-electron chi connectivity index (χ1n) is 8.32. The van der Waals surface area contributed by atoms with Gasteiger partial charge in [-0.25, -0.2) is 4.79 Å². The summed E-state index contributed by atoms with van der Waals surface area (Å²) in [5.74, 6) is 3.22. The summed E-state index contributed by atoms with van der Waals surface area (Å²) in [5.41, 5.74) is 0.958. The molecule has 4 aliphatic carbocycles. The Hall–Kier alpha value is -0.790. The molecule has 4 rings (SSSR count). The smallest absolute Gasteiger partial charge is 0.333 e. The van der Waals surface area contributed by atoms with Gasteiger partial charge in [-0.1, -0.05) is 13.0 Å². The molecule has 2 heteroatoms. The second kappa shape index (κ2) is 3.90. The first kappa shape index (κ1) is 12.9. The van der Waals surface area contributed by atoms with E-state index in [1.807, 2.05) is 0 Å². The Labute approximate surface area is 122 Å². The van der Waals surface area contributed by atoms with Gasteiger partial charge in [0.15, 0.2) is 0 Å². The Morgan fingerprint density at radius 1 is 1.10 bits per heavy atom. The first-order chi connectivity index (χ1) is 9.43. The quantitative estimate of drug-likeness (QED) is 0.560. The number of ether oxygens (including phenoxy) is 1. The molecule has 4 aliphatic rings. The van der Waals surface area contributed by atoms with Gasteiger partial charge in [0.1, 0.15) is 5.60 Å². The van der Waals surface area contributed by atoms with Gasteiger partial charge in [-0.15, -0.1) is 0 Å². The number of carbonyl (C=O) groups is 1. The summed E-state index contributed by atoms with van der Waals surface area (Å²) >= 11 is 0. The normalized spacial score (nSPS) is 51.9. The summed E-state index contributed by atoms with van der Waals surface area (Å²) in [6.07, 6.45) is 9.62. The van der Waals surface area contributed by atoms with Crippen LogP contribution in [0, 0.1) is 29.1 Å². The largest absolute Gasteiger partial charge is 0.456 e. The highest BCUT2D eigenvalue weighted by molar-refractivity contribution is 5.87. The molecular formula is C18H26O2. The van der Waals surface area contributed by atoms with E-state index in [4.69, 9.17) is 4.74 Å². The standard InChI is InChI=1S/C18H26O2/c1-11(2)16(19)20-17(3)9-15-7-14(17)10-18(15)8-12-4-5-13(18)6-12/h12-15H,1,4-10H2,2-3H3. The van der Waals surface area contributed by atoms with E-state index in [2.05, 4.69) is 13.5 Å². The van der Waals surface area contributed by atoms with E-state index < -0.39 is 0 Å². The van der Waals surface area contributed by atoms with Crippen molar-refractivity contribution >= 4 is 5.97 Å². The maximum atomic E-state index is 11.9. The van der Waals surface area contributed by atoms with Crippen molar-refractivity contribution in [2.24, 2.45) is 29.1 Å². The highest BCUT2D eigenvalue weighted by Crippen LogP contribution is 2.72. The zero-order chi connectivity index (χ0) is 14.1. The molecule has 4 bridgehead atoms. The van der Waals surface area contributed by atoms with Gasteiger partial charge in [0.2, 0.25) is 0 Å². The van der Waals surface area contributed by atoms with Crippen LogP contribution in [0.3, 0.4) is 0 Å². The van der Waals surface area contributed by atoms with Crippen molar-refractivity contribution in [3.63, 3.8) is 0 Å². The highest BCUT2D eigenvalue weighted by atomic mass is 16.6. The minimum atomic E-state index is -0.215. The Morgan fingerprint density at radius 2 is 1.90 bits per heavy atom. The third kappa shape index (κ3) is 1.54. The fourth-order valence-corrected chi connectivity index (χ4v) is 6.36. The topological polar surface area (TPSA) is 26.3 Å². The maximum Gasteiger partial charge on any atom is 0.333 e. The molecular weight excluding hydrogens is 248 g/mol. The summed E-state index contributed by atoms with van der Waals surface area (Å²) in [6, 6.07) is 0. The number of fused-ring (bicyclic) bond motifs is 6. The van der Waals surface area contributed by atoms with Crippen molar-refractivity contribution in [2.45, 2.75) is 64.4 Å². The fraction of sp³-hybridized carbons (Fsp3) is 0.833. The Bertz CT molecular complexity index is 482. The van der Waals surface area contributed by atoms with Crippen LogP contribution in [-0.4, -0.2) is 11.6 Å². The van der Waals surface area contributed by atoms with Crippen LogP contribution in [-0.2, 0) is 9.53 Å². The SMILES string of the molecule is C=C(C)C(=O)OC1(C)CC2CC1CC21CC2CCC1C2. The molecule has 110 valence electrons. The number of hydrogen-bond acceptors (Lipinski definition) is 2. The molecule has 6 atom stereocenters. The first-order valence-corrected chi connectivity index (χ1v) is 8.32. The zero-order valence-corrected chi connectivity index (χ0v) is 12.8. The minimum absolute atomic E-state index is 0.193. The molecule has 0 aromatic rings. The van der Waals surface area contributed by atoms with E-state index in [1.165, 1.54) is 38.5 Å². The number of hydrogen-bond donors (Lipinski definition) is 0. The van der Waals surface area contributed by atoms with E-state index in [9.17, 15) is 4.79 Å². The Balaban J connectivity index is 1.52. The Kier molecular flexibility index (Phi) is 2.52. The van der Waals surface area contributed by atoms with Gasteiger partial charge in [0, 0.05) is 5.57 Å². The van der Waals surface area contributed by atoms with Crippen molar-refractivity contribution in [3.05, 3.63) is 12.2 Å². The monoisotopic (exact) mass is 274 g/mol. The molecule has 0 aliphatic heterocycles. The third-order valence-electron chi connectivity index (χ3n) is 7.22. The minimum Gasteiger partial charge on any atom is -0.456 e. The van der Waals surface area contributed by atoms with Crippen molar-refractivity contribution in [3.8, 4) is 0 Å². The predicted molar refractivity (Wildman–Crippen MR) is 78.0 cm³/mol. The molecule has 4 fully saturated rings. The molecule has 0 heterocycles. The Morgan fingerprint density at radius 3 is 2.40 bits per heavy atom. The zero-order valence-electron chi connectivity index (χ0n) is 12.8. The molecule has 20 heavy (non-hydrogen) atoms. The highest BCUT2D eigenvalue weighted by Gasteiger charge is 2.66. The lowest BCUT2D eigenvalue weighted by Gasteiger charge is -2.46. The van der Waals surface area contributed by atoms with Crippen molar-refractivity contribution in [2.75, 3.05) is 0 Å². The van der Waals surface area contributed by atoms with Crippen LogP contribution >= 0.6 is 0 Å². The number of esters is 1. The van der Waals surface area contributed by atoms with Gasteiger partial charge in [0.25, 0.3) is 0 Å². The molecule has 0 amide bonds. The van der Waals surface area contributed by atoms with Gasteiger partial charge in [-0.3, -0.25) is 0 Å². The van der Waals surface area contributed by atoms with E-state index >= 15 is 0 Å². The maximum absolute atomic E-state index is 11.9. The van der Waals surface area contributed by atoms with Crippen molar-refractivity contribution in [1.29, 1.82) is 0 Å². The molecule has 0 saturated heterocycles. The van der Waals surface area contributed by atoms with Crippen LogP contribution in [0.5, 0.6) is 0 Å². The van der Waals surface area contributed by atoms with Crippen LogP contribution in [0.15, 0.2) is 12.2 Å². The molecule has 0 aromatic heterocycles. The van der Waals surface area contributed by atoms with Crippen LogP contribution in [0.4, 0.5) is 0 Å². The van der Waals surface area contributed by atoms with Gasteiger partial charge in [0.05, 0.1) is 0 Å². The lowest BCUT2D eigenvalue weighted by molar-refractivity contribution is -0.162. The van der Waals surface area contributed by atoms with Crippen molar-refractivity contribution < 1.29 is 9.53 Å². The molecule has 0 N–H and O–H groups in total. The van der Waals surface area contributed by atoms with E-state index in [0.29, 0.717) is 16.9 Å². The molecule has 6 unspecified atom stereocenters. The van der Waals surface area contributed by atoms with Crippen LogP contribution in [0.1, 0.15) is 58.8 Å². The number of carbonyl (C=O) groups excluding carboxylic acids is 1. The molecule has 0 radical (unpaired) electrons. The van der Waals surface area contributed by atoms with E-state index in [0.717, 1.165) is 24.2 Å². The van der Waals surface area contributed by atoms with Gasteiger partial charge >= 0.3 is 5.97 Å². The molecule has 1 spiro atoms. The summed E-state index contributed by atoms with van der Waals surface area (Å²) < 4.78 is 5.84. The average Bonchev–Trinajstić information content (AvgIpc) is 3.09. The number of rotatable bonds is 2. The van der Waals surface area contributed by atoms with E-state index in [1.54, 1.807) is 6.92 Å². The fourth-order valence-electron chi connectivity index (χ4n) is 6.36. The molecule has 2 nitrogen and oxygen atoms in total. The van der Waals surface area contributed by atoms with Crippen LogP contribution in [0.2, 0.25) is 0 Å². The summed E-state index contributed by atoms with van der Waals surface area (Å²) in [6.45, 7) is 7.63. The molecule has 4 saturated carbocycles. The second-order valence-corrected chi connectivity index (χ2v) is 8.33. The predicted octanol–water partition coefficient (Wildman–Crippen LogP) is 4.10. The summed E-state index contributed by atoms with van der Waals surface area (Å²) in [7, 11) is 0. The van der Waals surface area contributed by atoms with Crippen LogP contribution in [0.25, 0.3) is 0 Å². The summed E-state index contributed by atoms with van der Waals surface area (Å²) in [4.78, 5) is 11.9. The van der Waals surface area contributed by atoms with Gasteiger partial charge < -0.3 is 4.74 Å². The lowest BCUT2D eigenvalue weighted by Crippen LogP contribution is -2.45. The third-order valence-corrected chi connectivity index (χ3v) is 7.22. The van der Waals surface area contributed by atoms with Gasteiger partial charge in [-0.05, 0) is 81.5 Å². The second-order valence-electron chi connectivity index (χ2n) is 8.33. The van der Waals surface area contributed by atoms with Crippen LogP contribution < -0.4 is 0 Å². The van der Waals surface area contributed by atoms with Gasteiger partial charge in [-0.2, -0.15) is 0 Å².